The molecule has 0 amide bonds. The standard InChI is InChI=1S/C12H20N4O/c1-3-13-11-6-12(15-8-14-11)16(2)7-9-4-10(17)5-9/h6,8-10,17H,3-5,7H2,1-2H3,(H,13,14,15). The molecule has 1 aromatic rings. The summed E-state index contributed by atoms with van der Waals surface area (Å²) < 4.78 is 0. The minimum absolute atomic E-state index is 0.0869. The highest BCUT2D eigenvalue weighted by Crippen LogP contribution is 2.28. The second kappa shape index (κ2) is 5.31. The number of aromatic nitrogens is 2. The van der Waals surface area contributed by atoms with E-state index in [-0.39, 0.29) is 6.10 Å². The lowest BCUT2D eigenvalue weighted by molar-refractivity contribution is 0.0464. The smallest absolute Gasteiger partial charge is 0.133 e. The summed E-state index contributed by atoms with van der Waals surface area (Å²) in [5.41, 5.74) is 0. The quantitative estimate of drug-likeness (QED) is 0.802. The molecule has 1 aliphatic rings. The lowest BCUT2D eigenvalue weighted by Gasteiger charge is -2.34. The van der Waals surface area contributed by atoms with Gasteiger partial charge in [0.2, 0.25) is 0 Å². The zero-order valence-electron chi connectivity index (χ0n) is 10.4. The molecule has 2 N–H and O–H groups in total. The molecule has 0 atom stereocenters. The Morgan fingerprint density at radius 2 is 2.24 bits per heavy atom. The third-order valence-electron chi connectivity index (χ3n) is 3.14. The summed E-state index contributed by atoms with van der Waals surface area (Å²) in [6.45, 7) is 3.84. The molecular formula is C12H20N4O. The summed E-state index contributed by atoms with van der Waals surface area (Å²) in [7, 11) is 2.03. The van der Waals surface area contributed by atoms with Crippen molar-refractivity contribution in [2.24, 2.45) is 5.92 Å². The summed E-state index contributed by atoms with van der Waals surface area (Å²) in [6.07, 6.45) is 3.32. The molecule has 0 radical (unpaired) electrons. The molecule has 0 spiro atoms. The SMILES string of the molecule is CCNc1cc(N(C)CC2CC(O)C2)ncn1. The van der Waals surface area contributed by atoms with E-state index >= 15 is 0 Å². The summed E-state index contributed by atoms with van der Waals surface area (Å²) in [4.78, 5) is 10.5. The third kappa shape index (κ3) is 3.06. The minimum atomic E-state index is -0.0869. The summed E-state index contributed by atoms with van der Waals surface area (Å²) in [5, 5.41) is 12.4. The third-order valence-corrected chi connectivity index (χ3v) is 3.14. The highest BCUT2D eigenvalue weighted by atomic mass is 16.3. The maximum Gasteiger partial charge on any atom is 0.133 e. The van der Waals surface area contributed by atoms with E-state index in [1.807, 2.05) is 20.0 Å². The highest BCUT2D eigenvalue weighted by Gasteiger charge is 2.28. The molecule has 1 aromatic heterocycles. The molecule has 94 valence electrons. The Labute approximate surface area is 102 Å². The van der Waals surface area contributed by atoms with Crippen molar-refractivity contribution in [3.63, 3.8) is 0 Å². The molecule has 1 fully saturated rings. The first-order valence-corrected chi connectivity index (χ1v) is 6.14. The fraction of sp³-hybridized carbons (Fsp3) is 0.667. The molecule has 5 nitrogen and oxygen atoms in total. The van der Waals surface area contributed by atoms with Gasteiger partial charge in [0.1, 0.15) is 18.0 Å². The number of hydrogen-bond acceptors (Lipinski definition) is 5. The van der Waals surface area contributed by atoms with E-state index in [1.54, 1.807) is 6.33 Å². The van der Waals surface area contributed by atoms with Crippen molar-refractivity contribution in [3.8, 4) is 0 Å². The molecule has 0 aliphatic heterocycles. The van der Waals surface area contributed by atoms with Crippen LogP contribution in [0.2, 0.25) is 0 Å². The predicted molar refractivity (Wildman–Crippen MR) is 68.2 cm³/mol. The molecule has 1 heterocycles. The maximum absolute atomic E-state index is 9.26. The molecular weight excluding hydrogens is 216 g/mol. The number of rotatable bonds is 5. The van der Waals surface area contributed by atoms with Gasteiger partial charge in [0.05, 0.1) is 6.10 Å². The van der Waals surface area contributed by atoms with Gasteiger partial charge < -0.3 is 15.3 Å². The Hall–Kier alpha value is -1.36. The van der Waals surface area contributed by atoms with Crippen molar-refractivity contribution in [3.05, 3.63) is 12.4 Å². The zero-order valence-corrected chi connectivity index (χ0v) is 10.4. The lowest BCUT2D eigenvalue weighted by Crippen LogP contribution is -2.37. The molecule has 0 bridgehead atoms. The van der Waals surface area contributed by atoms with Crippen LogP contribution in [-0.2, 0) is 0 Å². The van der Waals surface area contributed by atoms with E-state index < -0.39 is 0 Å². The predicted octanol–water partition coefficient (Wildman–Crippen LogP) is 1.12. The van der Waals surface area contributed by atoms with Gasteiger partial charge in [-0.15, -0.1) is 0 Å². The van der Waals surface area contributed by atoms with E-state index in [9.17, 15) is 5.11 Å². The molecule has 1 saturated carbocycles. The van der Waals surface area contributed by atoms with E-state index in [2.05, 4.69) is 20.2 Å². The van der Waals surface area contributed by atoms with Crippen LogP contribution in [0, 0.1) is 5.92 Å². The van der Waals surface area contributed by atoms with Gasteiger partial charge >= 0.3 is 0 Å². The van der Waals surface area contributed by atoms with Crippen LogP contribution in [-0.4, -0.2) is 41.3 Å². The minimum Gasteiger partial charge on any atom is -0.393 e. The van der Waals surface area contributed by atoms with Crippen molar-refractivity contribution in [2.45, 2.75) is 25.9 Å². The Morgan fingerprint density at radius 1 is 1.47 bits per heavy atom. The van der Waals surface area contributed by atoms with Crippen molar-refractivity contribution in [2.75, 3.05) is 30.4 Å². The molecule has 0 aromatic carbocycles. The lowest BCUT2D eigenvalue weighted by atomic mass is 9.82. The van der Waals surface area contributed by atoms with Crippen LogP contribution >= 0.6 is 0 Å². The topological polar surface area (TPSA) is 61.3 Å². The highest BCUT2D eigenvalue weighted by molar-refractivity contribution is 5.47. The summed E-state index contributed by atoms with van der Waals surface area (Å²) in [5.74, 6) is 2.38. The second-order valence-corrected chi connectivity index (χ2v) is 4.66. The van der Waals surface area contributed by atoms with Gasteiger partial charge in [0.15, 0.2) is 0 Å². The van der Waals surface area contributed by atoms with Gasteiger partial charge in [0, 0.05) is 26.2 Å². The van der Waals surface area contributed by atoms with Crippen LogP contribution < -0.4 is 10.2 Å². The van der Waals surface area contributed by atoms with Crippen molar-refractivity contribution < 1.29 is 5.11 Å². The fourth-order valence-electron chi connectivity index (χ4n) is 2.16. The first-order valence-electron chi connectivity index (χ1n) is 6.14. The van der Waals surface area contributed by atoms with Gasteiger partial charge in [-0.05, 0) is 25.7 Å². The van der Waals surface area contributed by atoms with Crippen LogP contribution in [0.1, 0.15) is 19.8 Å². The van der Waals surface area contributed by atoms with Crippen molar-refractivity contribution in [1.82, 2.24) is 9.97 Å². The molecule has 17 heavy (non-hydrogen) atoms. The average molecular weight is 236 g/mol. The van der Waals surface area contributed by atoms with Crippen LogP contribution in [0.5, 0.6) is 0 Å². The summed E-state index contributed by atoms with van der Waals surface area (Å²) in [6, 6.07) is 1.96. The van der Waals surface area contributed by atoms with Crippen LogP contribution in [0.15, 0.2) is 12.4 Å². The number of nitrogens with zero attached hydrogens (tertiary/aromatic N) is 3. The molecule has 1 aliphatic carbocycles. The monoisotopic (exact) mass is 236 g/mol. The second-order valence-electron chi connectivity index (χ2n) is 4.66. The number of nitrogens with one attached hydrogen (secondary N) is 1. The van der Waals surface area contributed by atoms with Gasteiger partial charge in [-0.3, -0.25) is 0 Å². The number of anilines is 2. The van der Waals surface area contributed by atoms with Crippen molar-refractivity contribution >= 4 is 11.6 Å². The number of aliphatic hydroxyl groups is 1. The van der Waals surface area contributed by atoms with E-state index in [4.69, 9.17) is 0 Å². The first kappa shape index (κ1) is 12.1. The van der Waals surface area contributed by atoms with Gasteiger partial charge in [-0.1, -0.05) is 0 Å². The number of aliphatic hydroxyl groups excluding tert-OH is 1. The van der Waals surface area contributed by atoms with Gasteiger partial charge in [0.25, 0.3) is 0 Å². The Morgan fingerprint density at radius 3 is 2.88 bits per heavy atom. The largest absolute Gasteiger partial charge is 0.393 e. The Kier molecular flexibility index (Phi) is 3.78. The number of hydrogen-bond donors (Lipinski definition) is 2. The zero-order chi connectivity index (χ0) is 12.3. The summed E-state index contributed by atoms with van der Waals surface area (Å²) >= 11 is 0. The van der Waals surface area contributed by atoms with E-state index in [0.717, 1.165) is 37.6 Å². The van der Waals surface area contributed by atoms with E-state index in [0.29, 0.717) is 5.92 Å². The van der Waals surface area contributed by atoms with Gasteiger partial charge in [-0.2, -0.15) is 0 Å². The molecule has 0 unspecified atom stereocenters. The van der Waals surface area contributed by atoms with Crippen LogP contribution in [0.4, 0.5) is 11.6 Å². The average Bonchev–Trinajstić information content (AvgIpc) is 2.28. The van der Waals surface area contributed by atoms with E-state index in [1.165, 1.54) is 0 Å². The van der Waals surface area contributed by atoms with Crippen molar-refractivity contribution in [1.29, 1.82) is 0 Å². The molecule has 0 saturated heterocycles. The molecule has 5 heteroatoms. The fourth-order valence-corrected chi connectivity index (χ4v) is 2.16. The first-order chi connectivity index (χ1) is 8.19. The maximum atomic E-state index is 9.26. The van der Waals surface area contributed by atoms with Crippen LogP contribution in [0.3, 0.4) is 0 Å². The van der Waals surface area contributed by atoms with Crippen LogP contribution in [0.25, 0.3) is 0 Å². The Balaban J connectivity index is 1.93. The Bertz CT molecular complexity index is 365. The van der Waals surface area contributed by atoms with Gasteiger partial charge in [-0.25, -0.2) is 9.97 Å². The molecule has 2 rings (SSSR count). The normalized spacial score (nSPS) is 23.0.